The Morgan fingerprint density at radius 2 is 1.64 bits per heavy atom. The molecule has 0 aliphatic rings. The van der Waals surface area contributed by atoms with Crippen molar-refractivity contribution >= 4 is 40.6 Å². The van der Waals surface area contributed by atoms with Crippen LogP contribution < -0.4 is 38.9 Å². The van der Waals surface area contributed by atoms with E-state index >= 15 is 0 Å². The average molecular weight is 590 g/mol. The van der Waals surface area contributed by atoms with Crippen LogP contribution in [-0.2, 0) is 25.6 Å². The highest BCUT2D eigenvalue weighted by Gasteiger charge is 2.32. The van der Waals surface area contributed by atoms with Crippen LogP contribution in [-0.4, -0.2) is 88.2 Å². The summed E-state index contributed by atoms with van der Waals surface area (Å²) in [7, 11) is 0. The first-order valence-corrected chi connectivity index (χ1v) is 13.8. The van der Waals surface area contributed by atoms with E-state index in [1.807, 2.05) is 24.3 Å². The number of carbonyl (C=O) groups excluding carboxylic acids is 3. The van der Waals surface area contributed by atoms with Gasteiger partial charge in [0, 0.05) is 30.1 Å². The van der Waals surface area contributed by atoms with Crippen LogP contribution in [0.5, 0.6) is 0 Å². The van der Waals surface area contributed by atoms with Gasteiger partial charge in [-0.15, -0.1) is 0 Å². The Kier molecular flexibility index (Phi) is 13.7. The number of carbonyl (C=O) groups is 4. The first kappa shape index (κ1) is 34.0. The van der Waals surface area contributed by atoms with Crippen molar-refractivity contribution in [2.45, 2.75) is 75.7 Å². The second kappa shape index (κ2) is 16.9. The number of rotatable bonds is 18. The monoisotopic (exact) mass is 589 g/mol. The zero-order valence-electron chi connectivity index (χ0n) is 23.7. The SMILES string of the molecule is CC(O)C(NC(=O)C(N)CCCN=C(N)N)C(=O)NC(CCCCN)C(=O)NC(Cc1c[nH]c2ccccc12)C(=O)O. The number of fused-ring (bicyclic) bond motifs is 1. The number of carboxylic acids is 1. The van der Waals surface area contributed by atoms with Gasteiger partial charge < -0.3 is 54.1 Å². The minimum absolute atomic E-state index is 0.00197. The lowest BCUT2D eigenvalue weighted by Crippen LogP contribution is -2.59. The quantitative estimate of drug-likeness (QED) is 0.0526. The molecule has 1 aromatic heterocycles. The maximum atomic E-state index is 13.3. The van der Waals surface area contributed by atoms with Gasteiger partial charge in [0.2, 0.25) is 17.7 Å². The van der Waals surface area contributed by atoms with E-state index in [9.17, 15) is 29.4 Å². The Morgan fingerprint density at radius 3 is 2.29 bits per heavy atom. The van der Waals surface area contributed by atoms with Gasteiger partial charge in [0.05, 0.1) is 12.1 Å². The smallest absolute Gasteiger partial charge is 0.326 e. The highest BCUT2D eigenvalue weighted by Crippen LogP contribution is 2.19. The number of para-hydroxylation sites is 1. The lowest BCUT2D eigenvalue weighted by Gasteiger charge is -2.26. The van der Waals surface area contributed by atoms with E-state index in [4.69, 9.17) is 22.9 Å². The number of benzene rings is 1. The molecule has 0 spiro atoms. The molecular formula is C27H43N9O6. The number of aliphatic imine (C=N–C) groups is 1. The minimum atomic E-state index is -1.42. The van der Waals surface area contributed by atoms with Gasteiger partial charge in [-0.25, -0.2) is 4.79 Å². The third-order valence-corrected chi connectivity index (χ3v) is 6.66. The van der Waals surface area contributed by atoms with E-state index < -0.39 is 54.0 Å². The number of aliphatic hydroxyl groups excluding tert-OH is 1. The van der Waals surface area contributed by atoms with E-state index in [0.29, 0.717) is 31.4 Å². The largest absolute Gasteiger partial charge is 0.480 e. The molecule has 0 fully saturated rings. The van der Waals surface area contributed by atoms with Crippen molar-refractivity contribution in [1.82, 2.24) is 20.9 Å². The van der Waals surface area contributed by atoms with Crippen LogP contribution >= 0.6 is 0 Å². The van der Waals surface area contributed by atoms with Gasteiger partial charge in [-0.1, -0.05) is 18.2 Å². The van der Waals surface area contributed by atoms with Crippen molar-refractivity contribution in [3.8, 4) is 0 Å². The summed E-state index contributed by atoms with van der Waals surface area (Å²) in [6.07, 6.45) is 2.16. The molecule has 0 radical (unpaired) electrons. The number of guanidine groups is 1. The number of carboxylic acid groups (broad SMARTS) is 1. The number of unbranched alkanes of at least 4 members (excludes halogenated alkanes) is 1. The van der Waals surface area contributed by atoms with Gasteiger partial charge in [-0.3, -0.25) is 19.4 Å². The Labute approximate surface area is 243 Å². The number of amides is 3. The Hall–Kier alpha value is -4.21. The molecule has 0 aliphatic heterocycles. The van der Waals surface area contributed by atoms with E-state index in [-0.39, 0.29) is 31.8 Å². The van der Waals surface area contributed by atoms with E-state index in [1.165, 1.54) is 6.92 Å². The van der Waals surface area contributed by atoms with Crippen molar-refractivity contribution in [2.24, 2.45) is 27.9 Å². The van der Waals surface area contributed by atoms with Crippen LogP contribution in [0.4, 0.5) is 0 Å². The molecule has 0 saturated carbocycles. The number of aromatic amines is 1. The molecule has 15 heteroatoms. The van der Waals surface area contributed by atoms with Crippen LogP contribution in [0.2, 0.25) is 0 Å². The standard InChI is InChI=1S/C27H43N9O6/c1-15(37)22(36-23(38)18(29)8-6-12-32-27(30)31)25(40)34-20(10-4-5-11-28)24(39)35-21(26(41)42)13-16-14-33-19-9-3-2-7-17(16)19/h2-3,7,9,14-15,18,20-22,33,37H,4-6,8,10-13,28-29H2,1H3,(H,34,40)(H,35,39)(H,36,38)(H,41,42)(H4,30,31,32). The number of H-pyrrole nitrogens is 1. The zero-order valence-corrected chi connectivity index (χ0v) is 23.7. The summed E-state index contributed by atoms with van der Waals surface area (Å²) in [5, 5.41) is 28.4. The predicted octanol–water partition coefficient (Wildman–Crippen LogP) is -1.86. The van der Waals surface area contributed by atoms with Gasteiger partial charge in [0.25, 0.3) is 0 Å². The second-order valence-corrected chi connectivity index (χ2v) is 10.1. The van der Waals surface area contributed by atoms with Crippen LogP contribution in [0.15, 0.2) is 35.5 Å². The van der Waals surface area contributed by atoms with Gasteiger partial charge in [-0.05, 0) is 57.2 Å². The summed E-state index contributed by atoms with van der Waals surface area (Å²) in [5.41, 5.74) is 23.6. The number of nitrogens with zero attached hydrogens (tertiary/aromatic N) is 1. The number of aromatic nitrogens is 1. The number of nitrogens with one attached hydrogen (secondary N) is 4. The summed E-state index contributed by atoms with van der Waals surface area (Å²) in [4.78, 5) is 58.0. The fraction of sp³-hybridized carbons (Fsp3) is 0.519. The molecule has 232 valence electrons. The number of aliphatic hydroxyl groups is 1. The van der Waals surface area contributed by atoms with Crippen LogP contribution in [0.1, 0.15) is 44.6 Å². The molecule has 0 bridgehead atoms. The third kappa shape index (κ3) is 10.6. The number of hydrogen-bond donors (Lipinski definition) is 10. The van der Waals surface area contributed by atoms with Crippen molar-refractivity contribution in [3.05, 3.63) is 36.0 Å². The lowest BCUT2D eigenvalue weighted by molar-refractivity contribution is -0.142. The second-order valence-electron chi connectivity index (χ2n) is 10.1. The normalized spacial score (nSPS) is 14.7. The lowest BCUT2D eigenvalue weighted by atomic mass is 10.0. The fourth-order valence-corrected chi connectivity index (χ4v) is 4.33. The third-order valence-electron chi connectivity index (χ3n) is 6.66. The Bertz CT molecular complexity index is 1230. The van der Waals surface area contributed by atoms with Gasteiger partial charge in [0.15, 0.2) is 5.96 Å². The number of hydrogen-bond acceptors (Lipinski definition) is 8. The van der Waals surface area contributed by atoms with Crippen molar-refractivity contribution < 1.29 is 29.4 Å². The molecule has 1 aromatic carbocycles. The molecule has 0 aliphatic carbocycles. The van der Waals surface area contributed by atoms with Crippen molar-refractivity contribution in [1.29, 1.82) is 0 Å². The summed E-state index contributed by atoms with van der Waals surface area (Å²) >= 11 is 0. The maximum absolute atomic E-state index is 13.3. The summed E-state index contributed by atoms with van der Waals surface area (Å²) in [6, 6.07) is 2.51. The molecule has 0 saturated heterocycles. The molecule has 5 atom stereocenters. The molecular weight excluding hydrogens is 546 g/mol. The minimum Gasteiger partial charge on any atom is -0.480 e. The molecule has 1 heterocycles. The van der Waals surface area contributed by atoms with Crippen molar-refractivity contribution in [2.75, 3.05) is 13.1 Å². The molecule has 2 rings (SSSR count). The van der Waals surface area contributed by atoms with Gasteiger partial charge >= 0.3 is 5.97 Å². The van der Waals surface area contributed by atoms with Gasteiger partial charge in [0.1, 0.15) is 18.1 Å². The predicted molar refractivity (Wildman–Crippen MR) is 158 cm³/mol. The Balaban J connectivity index is 2.11. The van der Waals surface area contributed by atoms with Crippen LogP contribution in [0.25, 0.3) is 10.9 Å². The zero-order chi connectivity index (χ0) is 31.2. The molecule has 3 amide bonds. The highest BCUT2D eigenvalue weighted by atomic mass is 16.4. The van der Waals surface area contributed by atoms with Crippen molar-refractivity contribution in [3.63, 3.8) is 0 Å². The molecule has 5 unspecified atom stereocenters. The number of aliphatic carboxylic acids is 1. The first-order chi connectivity index (χ1) is 19.9. The van der Waals surface area contributed by atoms with Crippen LogP contribution in [0.3, 0.4) is 0 Å². The van der Waals surface area contributed by atoms with E-state index in [1.54, 1.807) is 6.20 Å². The van der Waals surface area contributed by atoms with Gasteiger partial charge in [-0.2, -0.15) is 0 Å². The van der Waals surface area contributed by atoms with Crippen LogP contribution in [0, 0.1) is 0 Å². The molecule has 15 nitrogen and oxygen atoms in total. The number of nitrogens with two attached hydrogens (primary N) is 4. The topological polar surface area (TPSA) is 277 Å². The maximum Gasteiger partial charge on any atom is 0.326 e. The Morgan fingerprint density at radius 1 is 0.952 bits per heavy atom. The van der Waals surface area contributed by atoms with E-state index in [2.05, 4.69) is 25.9 Å². The summed E-state index contributed by atoms with van der Waals surface area (Å²) in [6.45, 7) is 1.93. The summed E-state index contributed by atoms with van der Waals surface area (Å²) < 4.78 is 0. The molecule has 14 N–H and O–H groups in total. The average Bonchev–Trinajstić information content (AvgIpc) is 3.35. The first-order valence-electron chi connectivity index (χ1n) is 13.8. The van der Waals surface area contributed by atoms with E-state index in [0.717, 1.165) is 10.9 Å². The fourth-order valence-electron chi connectivity index (χ4n) is 4.33. The highest BCUT2D eigenvalue weighted by molar-refractivity contribution is 5.94. The summed E-state index contributed by atoms with van der Waals surface area (Å²) in [5.74, 6) is -3.57. The molecule has 42 heavy (non-hydrogen) atoms. The molecule has 2 aromatic rings.